The molecule has 0 aliphatic carbocycles. The summed E-state index contributed by atoms with van der Waals surface area (Å²) in [6.45, 7) is -1.46. The largest absolute Gasteiger partial charge is 0.468 e. The minimum absolute atomic E-state index is 0.101. The van der Waals surface area contributed by atoms with E-state index in [0.717, 1.165) is 16.9 Å². The van der Waals surface area contributed by atoms with Crippen LogP contribution in [0.15, 0.2) is 30.3 Å². The molecule has 2 atom stereocenters. The van der Waals surface area contributed by atoms with E-state index in [1.165, 1.54) is 14.2 Å². The molecule has 0 aliphatic rings. The normalized spacial score (nSPS) is 14.5. The van der Waals surface area contributed by atoms with Crippen LogP contribution in [-0.4, -0.2) is 44.3 Å². The lowest BCUT2D eigenvalue weighted by atomic mass is 10.2. The molecule has 0 aliphatic heterocycles. The van der Waals surface area contributed by atoms with Crippen molar-refractivity contribution in [1.29, 1.82) is 0 Å². The highest BCUT2D eigenvalue weighted by Crippen LogP contribution is 2.55. The first-order valence-electron chi connectivity index (χ1n) is 7.18. The second-order valence-corrected chi connectivity index (χ2v) is 9.84. The zero-order valence-corrected chi connectivity index (χ0v) is 15.6. The first-order valence-corrected chi connectivity index (χ1v) is 10.7. The lowest BCUT2D eigenvalue weighted by molar-refractivity contribution is -0.146. The maximum absolute atomic E-state index is 12.7. The van der Waals surface area contributed by atoms with Gasteiger partial charge < -0.3 is 14.2 Å². The molecule has 0 aromatic heterocycles. The lowest BCUT2D eigenvalue weighted by Crippen LogP contribution is -2.33. The van der Waals surface area contributed by atoms with Crippen molar-refractivity contribution >= 4 is 29.8 Å². The van der Waals surface area contributed by atoms with Crippen molar-refractivity contribution in [3.63, 3.8) is 0 Å². The fourth-order valence-electron chi connectivity index (χ4n) is 1.70. The third-order valence-electron chi connectivity index (χ3n) is 2.89. The number of rotatable bonds is 10. The molecule has 1 aromatic carbocycles. The van der Waals surface area contributed by atoms with Crippen LogP contribution in [0.25, 0.3) is 0 Å². The molecule has 0 heterocycles. The summed E-state index contributed by atoms with van der Waals surface area (Å²) >= 11 is 0.878. The Kier molecular flexibility index (Phi) is 9.07. The molecule has 0 spiro atoms. The van der Waals surface area contributed by atoms with Crippen molar-refractivity contribution in [2.24, 2.45) is 0 Å². The van der Waals surface area contributed by atoms with Crippen molar-refractivity contribution in [1.82, 2.24) is 5.09 Å². The first-order chi connectivity index (χ1) is 11.4. The highest BCUT2D eigenvalue weighted by atomic mass is 32.7. The summed E-state index contributed by atoms with van der Waals surface area (Å²) < 4.78 is 27.4. The maximum Gasteiger partial charge on any atom is 0.323 e. The molecule has 24 heavy (non-hydrogen) atoms. The van der Waals surface area contributed by atoms with E-state index in [1.54, 1.807) is 6.92 Å². The van der Waals surface area contributed by atoms with Crippen LogP contribution in [0.4, 0.5) is 0 Å². The monoisotopic (exact) mass is 375 g/mol. The van der Waals surface area contributed by atoms with Gasteiger partial charge in [0.05, 0.1) is 12.9 Å². The second kappa shape index (κ2) is 10.5. The third kappa shape index (κ3) is 7.49. The van der Waals surface area contributed by atoms with Gasteiger partial charge >= 0.3 is 11.9 Å². The van der Waals surface area contributed by atoms with Gasteiger partial charge in [-0.3, -0.25) is 14.2 Å². The van der Waals surface area contributed by atoms with E-state index < -0.39 is 24.5 Å². The zero-order chi connectivity index (χ0) is 18.0. The predicted molar refractivity (Wildman–Crippen MR) is 92.8 cm³/mol. The molecule has 7 nitrogen and oxygen atoms in total. The highest BCUT2D eigenvalue weighted by Gasteiger charge is 2.29. The van der Waals surface area contributed by atoms with Gasteiger partial charge in [0.25, 0.3) is 0 Å². The molecule has 0 saturated carbocycles. The molecule has 134 valence electrons. The molecular weight excluding hydrogens is 353 g/mol. The Morgan fingerprint density at radius 1 is 1.25 bits per heavy atom. The van der Waals surface area contributed by atoms with Crippen LogP contribution >= 0.6 is 17.9 Å². The Morgan fingerprint density at radius 3 is 2.50 bits per heavy atom. The van der Waals surface area contributed by atoms with Crippen molar-refractivity contribution < 1.29 is 28.4 Å². The molecule has 1 rings (SSSR count). The fourth-order valence-corrected chi connectivity index (χ4v) is 5.57. The molecule has 1 N–H and O–H groups in total. The number of ether oxygens (including phenoxy) is 3. The van der Waals surface area contributed by atoms with E-state index in [-0.39, 0.29) is 18.7 Å². The number of hydrogen-bond donors (Lipinski definition) is 1. The van der Waals surface area contributed by atoms with Gasteiger partial charge in [-0.1, -0.05) is 41.7 Å². The van der Waals surface area contributed by atoms with Crippen LogP contribution < -0.4 is 5.09 Å². The van der Waals surface area contributed by atoms with Gasteiger partial charge in [0.2, 0.25) is 6.49 Å². The Bertz CT molecular complexity index is 583. The van der Waals surface area contributed by atoms with E-state index in [4.69, 9.17) is 9.47 Å². The number of carbonyl (C=O) groups is 2. The average Bonchev–Trinajstić information content (AvgIpc) is 2.58. The van der Waals surface area contributed by atoms with Gasteiger partial charge in [0.15, 0.2) is 0 Å². The second-order valence-electron chi connectivity index (χ2n) is 4.88. The summed E-state index contributed by atoms with van der Waals surface area (Å²) in [4.78, 5) is 23.3. The van der Waals surface area contributed by atoms with Crippen LogP contribution in [0.3, 0.4) is 0 Å². The summed E-state index contributed by atoms with van der Waals surface area (Å²) in [5.41, 5.74) is 0.859. The number of hydrogen-bond acceptors (Lipinski definition) is 7. The van der Waals surface area contributed by atoms with Crippen LogP contribution in [0.5, 0.6) is 0 Å². The van der Waals surface area contributed by atoms with Crippen molar-refractivity contribution in [3.05, 3.63) is 35.9 Å². The van der Waals surface area contributed by atoms with E-state index >= 15 is 0 Å². The summed E-state index contributed by atoms with van der Waals surface area (Å²) in [5.74, 6) is -1.14. The number of nitrogens with one attached hydrogen (secondary N) is 1. The van der Waals surface area contributed by atoms with E-state index in [1.807, 2.05) is 30.3 Å². The molecule has 0 bridgehead atoms. The van der Waals surface area contributed by atoms with Gasteiger partial charge in [-0.25, -0.2) is 5.09 Å². The maximum atomic E-state index is 12.7. The van der Waals surface area contributed by atoms with E-state index in [9.17, 15) is 14.2 Å². The lowest BCUT2D eigenvalue weighted by Gasteiger charge is -2.21. The fraction of sp³-hybridized carbons (Fsp3) is 0.467. The van der Waals surface area contributed by atoms with Crippen LogP contribution in [0, 0.1) is 0 Å². The van der Waals surface area contributed by atoms with Crippen molar-refractivity contribution in [2.75, 3.05) is 26.3 Å². The van der Waals surface area contributed by atoms with Gasteiger partial charge in [0, 0.05) is 7.11 Å². The average molecular weight is 375 g/mol. The molecule has 0 radical (unpaired) electrons. The summed E-state index contributed by atoms with van der Waals surface area (Å²) in [5, 5.41) is 2.72. The molecule has 1 aromatic rings. The number of benzene rings is 1. The van der Waals surface area contributed by atoms with Gasteiger partial charge in [-0.05, 0) is 12.5 Å². The minimum atomic E-state index is -3.15. The summed E-state index contributed by atoms with van der Waals surface area (Å²) in [7, 11) is 2.65. The number of carbonyl (C=O) groups excluding carboxylic acids is 2. The molecule has 9 heteroatoms. The van der Waals surface area contributed by atoms with Gasteiger partial charge in [-0.2, -0.15) is 0 Å². The quantitative estimate of drug-likeness (QED) is 0.492. The molecule has 0 saturated heterocycles. The Balaban J connectivity index is 2.56. The minimum Gasteiger partial charge on any atom is -0.468 e. The smallest absolute Gasteiger partial charge is 0.323 e. The standard InChI is InChI=1S/C15H22NO6PS/c1-12(15(18)22-9-13-7-5-4-6-8-13)16-23(19,11-20-2)24-10-14(17)21-3/h4-8,12H,9-11H2,1-3H3,(H,16,19)/t12-,23?/m0/s1. The summed E-state index contributed by atoms with van der Waals surface area (Å²) in [6, 6.07) is 8.44. The number of methoxy groups -OCH3 is 2. The zero-order valence-electron chi connectivity index (χ0n) is 13.9. The van der Waals surface area contributed by atoms with Crippen molar-refractivity contribution in [3.8, 4) is 0 Å². The Labute approximate surface area is 145 Å². The van der Waals surface area contributed by atoms with E-state index in [0.29, 0.717) is 0 Å². The topological polar surface area (TPSA) is 90.9 Å². The van der Waals surface area contributed by atoms with E-state index in [2.05, 4.69) is 9.82 Å². The van der Waals surface area contributed by atoms with Crippen LogP contribution in [-0.2, 0) is 35.0 Å². The Morgan fingerprint density at radius 2 is 1.92 bits per heavy atom. The Hall–Kier alpha value is -1.34. The number of esters is 2. The molecular formula is C15H22NO6PS. The highest BCUT2D eigenvalue weighted by molar-refractivity contribution is 8.57. The third-order valence-corrected chi connectivity index (χ3v) is 7.32. The molecule has 1 unspecified atom stereocenters. The van der Waals surface area contributed by atoms with Crippen molar-refractivity contribution in [2.45, 2.75) is 19.6 Å². The van der Waals surface area contributed by atoms with Gasteiger partial charge in [0.1, 0.15) is 19.0 Å². The molecule has 0 fully saturated rings. The van der Waals surface area contributed by atoms with Crippen LogP contribution in [0.1, 0.15) is 12.5 Å². The molecule has 0 amide bonds. The van der Waals surface area contributed by atoms with Gasteiger partial charge in [-0.15, -0.1) is 0 Å². The first kappa shape index (κ1) is 20.7. The predicted octanol–water partition coefficient (Wildman–Crippen LogP) is 2.41. The summed E-state index contributed by atoms with van der Waals surface area (Å²) in [6.07, 6.45) is -0.120. The van der Waals surface area contributed by atoms with Crippen LogP contribution in [0.2, 0.25) is 0 Å². The SMILES string of the molecule is COCP(=O)(N[C@@H](C)C(=O)OCc1ccccc1)SCC(=O)OC.